The quantitative estimate of drug-likeness (QED) is 0.740. The number of H-pyrrole nitrogens is 1. The summed E-state index contributed by atoms with van der Waals surface area (Å²) in [4.78, 5) is 11.7. The highest BCUT2D eigenvalue weighted by Gasteiger charge is 2.17. The molecular formula is C14H14N4O2. The van der Waals surface area contributed by atoms with Gasteiger partial charge in [0.2, 0.25) is 0 Å². The number of benzene rings is 1. The van der Waals surface area contributed by atoms with Gasteiger partial charge in [-0.15, -0.1) is 0 Å². The first-order chi connectivity index (χ1) is 9.74. The first-order valence-corrected chi connectivity index (χ1v) is 6.33. The second-order valence-corrected chi connectivity index (χ2v) is 4.40. The van der Waals surface area contributed by atoms with E-state index in [1.165, 1.54) is 7.11 Å². The number of nitrogens with zero attached hydrogens (tertiary/aromatic N) is 3. The molecule has 0 spiro atoms. The Morgan fingerprint density at radius 1 is 1.40 bits per heavy atom. The van der Waals surface area contributed by atoms with Crippen LogP contribution in [-0.2, 0) is 11.2 Å². The minimum Gasteiger partial charge on any atom is -0.465 e. The summed E-state index contributed by atoms with van der Waals surface area (Å²) in [6.45, 7) is 1.98. The Hall–Kier alpha value is -2.63. The first-order valence-electron chi connectivity index (χ1n) is 6.33. The maximum Gasteiger partial charge on any atom is 0.341 e. The van der Waals surface area contributed by atoms with Gasteiger partial charge < -0.3 is 4.74 Å². The Kier molecular flexibility index (Phi) is 2.98. The number of aromatic amines is 1. The van der Waals surface area contributed by atoms with Gasteiger partial charge in [-0.25, -0.2) is 9.48 Å². The Bertz CT molecular complexity index is 772. The van der Waals surface area contributed by atoms with Crippen molar-refractivity contribution in [2.24, 2.45) is 0 Å². The maximum absolute atomic E-state index is 11.7. The summed E-state index contributed by atoms with van der Waals surface area (Å²) >= 11 is 0. The molecule has 0 saturated carbocycles. The van der Waals surface area contributed by atoms with Crippen molar-refractivity contribution in [1.82, 2.24) is 20.0 Å². The minimum atomic E-state index is -0.363. The lowest BCUT2D eigenvalue weighted by Gasteiger charge is -2.07. The van der Waals surface area contributed by atoms with Gasteiger partial charge in [0.25, 0.3) is 0 Å². The molecule has 0 aliphatic rings. The standard InChI is InChI=1S/C14H14N4O2/c1-3-13-11(14(19)20-2)8-16-18(13)10-4-5-12-9(6-10)7-15-17-12/h4-8H,3H2,1-2H3,(H,15,17). The zero-order valence-corrected chi connectivity index (χ0v) is 11.3. The molecule has 3 aromatic rings. The molecule has 2 aromatic heterocycles. The fourth-order valence-corrected chi connectivity index (χ4v) is 2.28. The van der Waals surface area contributed by atoms with E-state index < -0.39 is 0 Å². The predicted octanol–water partition coefficient (Wildman–Crippen LogP) is 2.10. The fraction of sp³-hybridized carbons (Fsp3) is 0.214. The van der Waals surface area contributed by atoms with Crippen LogP contribution in [0, 0.1) is 0 Å². The number of rotatable bonds is 3. The average molecular weight is 270 g/mol. The van der Waals surface area contributed by atoms with Crippen LogP contribution in [0.4, 0.5) is 0 Å². The Morgan fingerprint density at radius 2 is 2.25 bits per heavy atom. The average Bonchev–Trinajstić information content (AvgIpc) is 3.11. The van der Waals surface area contributed by atoms with E-state index >= 15 is 0 Å². The Balaban J connectivity index is 2.13. The number of aromatic nitrogens is 4. The van der Waals surface area contributed by atoms with E-state index in [1.807, 2.05) is 25.1 Å². The largest absolute Gasteiger partial charge is 0.465 e. The summed E-state index contributed by atoms with van der Waals surface area (Å²) in [5.41, 5.74) is 3.19. The van der Waals surface area contributed by atoms with Crippen molar-refractivity contribution in [2.45, 2.75) is 13.3 Å². The molecule has 102 valence electrons. The van der Waals surface area contributed by atoms with Gasteiger partial charge in [0, 0.05) is 5.39 Å². The van der Waals surface area contributed by atoms with Crippen LogP contribution in [0.25, 0.3) is 16.6 Å². The van der Waals surface area contributed by atoms with Crippen LogP contribution in [0.1, 0.15) is 23.0 Å². The van der Waals surface area contributed by atoms with Gasteiger partial charge in [0.1, 0.15) is 5.56 Å². The molecule has 1 aromatic carbocycles. The van der Waals surface area contributed by atoms with Crippen molar-refractivity contribution < 1.29 is 9.53 Å². The molecule has 0 aliphatic heterocycles. The van der Waals surface area contributed by atoms with Crippen molar-refractivity contribution in [3.8, 4) is 5.69 Å². The zero-order chi connectivity index (χ0) is 14.1. The van der Waals surface area contributed by atoms with Crippen molar-refractivity contribution in [3.05, 3.63) is 41.9 Å². The topological polar surface area (TPSA) is 72.8 Å². The fourth-order valence-electron chi connectivity index (χ4n) is 2.28. The second-order valence-electron chi connectivity index (χ2n) is 4.40. The summed E-state index contributed by atoms with van der Waals surface area (Å²) in [7, 11) is 1.37. The molecule has 0 atom stereocenters. The number of esters is 1. The normalized spacial score (nSPS) is 10.9. The van der Waals surface area contributed by atoms with Gasteiger partial charge in [-0.05, 0) is 24.6 Å². The maximum atomic E-state index is 11.7. The lowest BCUT2D eigenvalue weighted by Crippen LogP contribution is -2.07. The van der Waals surface area contributed by atoms with Crippen LogP contribution in [0.2, 0.25) is 0 Å². The molecule has 0 radical (unpaired) electrons. The minimum absolute atomic E-state index is 0.363. The number of carbonyl (C=O) groups excluding carboxylic acids is 1. The molecular weight excluding hydrogens is 256 g/mol. The molecule has 0 fully saturated rings. The summed E-state index contributed by atoms with van der Waals surface area (Å²) in [6, 6.07) is 5.86. The molecule has 0 aliphatic carbocycles. The van der Waals surface area contributed by atoms with Gasteiger partial charge in [0.05, 0.1) is 36.4 Å². The first kappa shape index (κ1) is 12.4. The van der Waals surface area contributed by atoms with E-state index in [-0.39, 0.29) is 5.97 Å². The molecule has 20 heavy (non-hydrogen) atoms. The van der Waals surface area contributed by atoms with Crippen molar-refractivity contribution in [3.63, 3.8) is 0 Å². The lowest BCUT2D eigenvalue weighted by molar-refractivity contribution is 0.0599. The Morgan fingerprint density at radius 3 is 3.00 bits per heavy atom. The van der Waals surface area contributed by atoms with E-state index in [9.17, 15) is 4.79 Å². The second kappa shape index (κ2) is 4.80. The van der Waals surface area contributed by atoms with Crippen LogP contribution in [0.5, 0.6) is 0 Å². The third kappa shape index (κ3) is 1.85. The van der Waals surface area contributed by atoms with Crippen LogP contribution in [0.15, 0.2) is 30.6 Å². The smallest absolute Gasteiger partial charge is 0.341 e. The van der Waals surface area contributed by atoms with E-state index in [1.54, 1.807) is 17.1 Å². The number of nitrogens with one attached hydrogen (secondary N) is 1. The molecule has 1 N–H and O–H groups in total. The molecule has 0 amide bonds. The van der Waals surface area contributed by atoms with Gasteiger partial charge in [-0.2, -0.15) is 10.2 Å². The summed E-state index contributed by atoms with van der Waals surface area (Å²) < 4.78 is 6.54. The number of ether oxygens (including phenoxy) is 1. The van der Waals surface area contributed by atoms with E-state index in [4.69, 9.17) is 4.74 Å². The molecule has 0 saturated heterocycles. The Labute approximate surface area is 115 Å². The third-order valence-electron chi connectivity index (χ3n) is 3.28. The van der Waals surface area contributed by atoms with Crippen LogP contribution < -0.4 is 0 Å². The SMILES string of the molecule is CCc1c(C(=O)OC)cnn1-c1ccc2[nH]ncc2c1. The van der Waals surface area contributed by atoms with Crippen LogP contribution in [0.3, 0.4) is 0 Å². The van der Waals surface area contributed by atoms with Crippen molar-refractivity contribution in [2.75, 3.05) is 7.11 Å². The van der Waals surface area contributed by atoms with Crippen LogP contribution in [-0.4, -0.2) is 33.1 Å². The van der Waals surface area contributed by atoms with Crippen molar-refractivity contribution in [1.29, 1.82) is 0 Å². The van der Waals surface area contributed by atoms with E-state index in [2.05, 4.69) is 15.3 Å². The summed E-state index contributed by atoms with van der Waals surface area (Å²) in [5.74, 6) is -0.363. The molecule has 6 nitrogen and oxygen atoms in total. The number of fused-ring (bicyclic) bond motifs is 1. The van der Waals surface area contributed by atoms with E-state index in [0.717, 1.165) is 22.3 Å². The van der Waals surface area contributed by atoms with Gasteiger partial charge in [-0.3, -0.25) is 5.10 Å². The monoisotopic (exact) mass is 270 g/mol. The van der Waals surface area contributed by atoms with Crippen LogP contribution >= 0.6 is 0 Å². The number of hydrogen-bond acceptors (Lipinski definition) is 4. The lowest BCUT2D eigenvalue weighted by atomic mass is 10.2. The highest BCUT2D eigenvalue weighted by atomic mass is 16.5. The number of methoxy groups -OCH3 is 1. The predicted molar refractivity (Wildman–Crippen MR) is 73.9 cm³/mol. The summed E-state index contributed by atoms with van der Waals surface area (Å²) in [5, 5.41) is 12.2. The van der Waals surface area contributed by atoms with Gasteiger partial charge >= 0.3 is 5.97 Å². The van der Waals surface area contributed by atoms with Gasteiger partial charge in [0.15, 0.2) is 0 Å². The number of carbonyl (C=O) groups is 1. The highest BCUT2D eigenvalue weighted by Crippen LogP contribution is 2.20. The number of hydrogen-bond donors (Lipinski definition) is 1. The molecule has 3 rings (SSSR count). The summed E-state index contributed by atoms with van der Waals surface area (Å²) in [6.07, 6.45) is 3.99. The molecule has 2 heterocycles. The van der Waals surface area contributed by atoms with Crippen molar-refractivity contribution >= 4 is 16.9 Å². The van der Waals surface area contributed by atoms with E-state index in [0.29, 0.717) is 12.0 Å². The molecule has 6 heteroatoms. The van der Waals surface area contributed by atoms with Gasteiger partial charge in [-0.1, -0.05) is 6.92 Å². The molecule has 0 unspecified atom stereocenters. The highest BCUT2D eigenvalue weighted by molar-refractivity contribution is 5.90. The third-order valence-corrected chi connectivity index (χ3v) is 3.28. The molecule has 0 bridgehead atoms. The zero-order valence-electron chi connectivity index (χ0n) is 11.3.